The van der Waals surface area contributed by atoms with Gasteiger partial charge in [0.25, 0.3) is 9.05 Å². The largest absolute Gasteiger partial charge is 0.323 e. The molecule has 0 aliphatic heterocycles. The van der Waals surface area contributed by atoms with E-state index in [1.165, 1.54) is 13.0 Å². The van der Waals surface area contributed by atoms with Gasteiger partial charge < -0.3 is 5.32 Å². The summed E-state index contributed by atoms with van der Waals surface area (Å²) < 4.78 is 22.9. The number of carbonyl (C=O) groups excluding carboxylic acids is 1. The Labute approximate surface area is 139 Å². The van der Waals surface area contributed by atoms with Crippen molar-refractivity contribution in [3.8, 4) is 0 Å². The van der Waals surface area contributed by atoms with Gasteiger partial charge in [0.2, 0.25) is 5.91 Å². The summed E-state index contributed by atoms with van der Waals surface area (Å²) in [6.45, 7) is 5.28. The highest BCUT2D eigenvalue weighted by molar-refractivity contribution is 8.13. The molecular weight excluding hydrogens is 357 g/mol. The van der Waals surface area contributed by atoms with Crippen LogP contribution in [0.5, 0.6) is 0 Å². The molecule has 8 heteroatoms. The summed E-state index contributed by atoms with van der Waals surface area (Å²) in [5, 5.41) is 2.74. The molecule has 0 fully saturated rings. The van der Waals surface area contributed by atoms with E-state index in [1.807, 2.05) is 6.92 Å². The molecule has 1 aromatic carbocycles. The van der Waals surface area contributed by atoms with Crippen LogP contribution in [0.4, 0.5) is 5.69 Å². The van der Waals surface area contributed by atoms with Crippen molar-refractivity contribution >= 4 is 54.5 Å². The van der Waals surface area contributed by atoms with Gasteiger partial charge in [0, 0.05) is 16.6 Å². The maximum Gasteiger partial charge on any atom is 0.261 e. The lowest BCUT2D eigenvalue weighted by Crippen LogP contribution is -2.21. The molecule has 118 valence electrons. The van der Waals surface area contributed by atoms with Crippen molar-refractivity contribution in [3.05, 3.63) is 21.7 Å². The third-order valence-electron chi connectivity index (χ3n) is 3.10. The Kier molecular flexibility index (Phi) is 6.35. The van der Waals surface area contributed by atoms with Gasteiger partial charge >= 0.3 is 0 Å². The average Bonchev–Trinajstić information content (AvgIpc) is 2.37. The van der Waals surface area contributed by atoms with Crippen LogP contribution >= 0.6 is 33.9 Å². The number of halogens is 3. The molecule has 1 atom stereocenters. The van der Waals surface area contributed by atoms with Crippen molar-refractivity contribution in [3.63, 3.8) is 0 Å². The summed E-state index contributed by atoms with van der Waals surface area (Å²) in [6, 6.07) is 1.19. The molecule has 21 heavy (non-hydrogen) atoms. The van der Waals surface area contributed by atoms with Gasteiger partial charge in [-0.05, 0) is 25.0 Å². The highest BCUT2D eigenvalue weighted by Crippen LogP contribution is 2.38. The lowest BCUT2D eigenvalue weighted by molar-refractivity contribution is -0.119. The molecule has 0 bridgehead atoms. The van der Waals surface area contributed by atoms with Gasteiger partial charge in [-0.1, -0.05) is 43.5 Å². The summed E-state index contributed by atoms with van der Waals surface area (Å²) in [6.07, 6.45) is 1.60. The van der Waals surface area contributed by atoms with Gasteiger partial charge in [-0.3, -0.25) is 4.79 Å². The Balaban J connectivity index is 3.23. The van der Waals surface area contributed by atoms with Crippen molar-refractivity contribution in [2.24, 2.45) is 5.92 Å². The molecule has 0 aliphatic rings. The molecule has 0 aromatic heterocycles. The predicted molar refractivity (Wildman–Crippen MR) is 86.9 cm³/mol. The zero-order chi connectivity index (χ0) is 16.4. The number of amides is 1. The lowest BCUT2D eigenvalue weighted by atomic mass is 10.1. The van der Waals surface area contributed by atoms with E-state index in [0.29, 0.717) is 0 Å². The third-order valence-corrected chi connectivity index (χ3v) is 5.31. The van der Waals surface area contributed by atoms with Gasteiger partial charge in [0.05, 0.1) is 20.6 Å². The van der Waals surface area contributed by atoms with E-state index in [-0.39, 0.29) is 38.0 Å². The fourth-order valence-corrected chi connectivity index (χ4v) is 3.75. The number of nitrogens with one attached hydrogen (secondary N) is 1. The van der Waals surface area contributed by atoms with E-state index in [9.17, 15) is 13.2 Å². The Morgan fingerprint density at radius 2 is 1.95 bits per heavy atom. The molecule has 0 radical (unpaired) electrons. The number of hydrogen-bond acceptors (Lipinski definition) is 3. The van der Waals surface area contributed by atoms with Gasteiger partial charge in [-0.15, -0.1) is 0 Å². The minimum absolute atomic E-state index is 0.0295. The standard InChI is InChI=1S/C13H16Cl3NO3S/c1-4-5-7(2)13(18)17-12-9(14)6-10(21(16,19)20)8(3)11(12)15/h6-7H,4-5H2,1-3H3,(H,17,18). The topological polar surface area (TPSA) is 63.2 Å². The van der Waals surface area contributed by atoms with Crippen LogP contribution in [0, 0.1) is 12.8 Å². The lowest BCUT2D eigenvalue weighted by Gasteiger charge is -2.16. The van der Waals surface area contributed by atoms with Crippen LogP contribution in [0.25, 0.3) is 0 Å². The quantitative estimate of drug-likeness (QED) is 0.768. The molecule has 1 unspecified atom stereocenters. The number of benzene rings is 1. The molecule has 0 heterocycles. The van der Waals surface area contributed by atoms with Crippen molar-refractivity contribution in [1.82, 2.24) is 0 Å². The Hall–Kier alpha value is -0.490. The van der Waals surface area contributed by atoms with Crippen molar-refractivity contribution < 1.29 is 13.2 Å². The highest BCUT2D eigenvalue weighted by atomic mass is 35.7. The van der Waals surface area contributed by atoms with Crippen LogP contribution in [-0.2, 0) is 13.8 Å². The first-order valence-electron chi connectivity index (χ1n) is 6.33. The Bertz CT molecular complexity index is 659. The second-order valence-corrected chi connectivity index (χ2v) is 8.11. The zero-order valence-electron chi connectivity index (χ0n) is 11.8. The van der Waals surface area contributed by atoms with Crippen LogP contribution in [0.2, 0.25) is 10.0 Å². The molecule has 0 saturated carbocycles. The highest BCUT2D eigenvalue weighted by Gasteiger charge is 2.22. The Morgan fingerprint density at radius 1 is 1.38 bits per heavy atom. The number of hydrogen-bond donors (Lipinski definition) is 1. The summed E-state index contributed by atoms with van der Waals surface area (Å²) in [5.74, 6) is -0.416. The predicted octanol–water partition coefficient (Wildman–Crippen LogP) is 4.60. The van der Waals surface area contributed by atoms with E-state index in [0.717, 1.165) is 12.8 Å². The molecule has 4 nitrogen and oxygen atoms in total. The fourth-order valence-electron chi connectivity index (χ4n) is 1.87. The van der Waals surface area contributed by atoms with Crippen LogP contribution in [0.15, 0.2) is 11.0 Å². The van der Waals surface area contributed by atoms with Crippen LogP contribution < -0.4 is 5.32 Å². The summed E-state index contributed by atoms with van der Waals surface area (Å²) >= 11 is 12.1. The van der Waals surface area contributed by atoms with Gasteiger partial charge in [0.1, 0.15) is 0 Å². The van der Waals surface area contributed by atoms with Gasteiger partial charge in [-0.25, -0.2) is 8.42 Å². The second kappa shape index (κ2) is 7.18. The van der Waals surface area contributed by atoms with E-state index < -0.39 is 9.05 Å². The summed E-state index contributed by atoms with van der Waals surface area (Å²) in [7, 11) is 1.37. The second-order valence-electron chi connectivity index (χ2n) is 4.79. The summed E-state index contributed by atoms with van der Waals surface area (Å²) in [5.41, 5.74) is 0.447. The minimum atomic E-state index is -3.96. The first kappa shape index (κ1) is 18.6. The SMILES string of the molecule is CCCC(C)C(=O)Nc1c(Cl)cc(S(=O)(=O)Cl)c(C)c1Cl. The smallest absolute Gasteiger partial charge is 0.261 e. The molecule has 1 rings (SSSR count). The maximum absolute atomic E-state index is 12.0. The van der Waals surface area contributed by atoms with E-state index in [4.69, 9.17) is 33.9 Å². The number of rotatable bonds is 5. The van der Waals surface area contributed by atoms with Crippen molar-refractivity contribution in [2.75, 3.05) is 5.32 Å². The molecule has 1 aromatic rings. The average molecular weight is 373 g/mol. The monoisotopic (exact) mass is 371 g/mol. The van der Waals surface area contributed by atoms with Crippen molar-refractivity contribution in [2.45, 2.75) is 38.5 Å². The molecule has 1 N–H and O–H groups in total. The normalized spacial score (nSPS) is 13.0. The molecule has 0 spiro atoms. The van der Waals surface area contributed by atoms with Crippen molar-refractivity contribution in [1.29, 1.82) is 0 Å². The molecular formula is C13H16Cl3NO3S. The Morgan fingerprint density at radius 3 is 2.43 bits per heavy atom. The van der Waals surface area contributed by atoms with Crippen LogP contribution in [-0.4, -0.2) is 14.3 Å². The van der Waals surface area contributed by atoms with E-state index in [2.05, 4.69) is 5.32 Å². The third kappa shape index (κ3) is 4.49. The zero-order valence-corrected chi connectivity index (χ0v) is 14.9. The van der Waals surface area contributed by atoms with Gasteiger partial charge in [-0.2, -0.15) is 0 Å². The number of carbonyl (C=O) groups is 1. The van der Waals surface area contributed by atoms with E-state index in [1.54, 1.807) is 6.92 Å². The fraction of sp³-hybridized carbons (Fsp3) is 0.462. The van der Waals surface area contributed by atoms with Crippen LogP contribution in [0.1, 0.15) is 32.3 Å². The minimum Gasteiger partial charge on any atom is -0.323 e. The first-order chi connectivity index (χ1) is 9.59. The number of anilines is 1. The molecule has 1 amide bonds. The first-order valence-corrected chi connectivity index (χ1v) is 9.40. The maximum atomic E-state index is 12.0. The van der Waals surface area contributed by atoms with Crippen LogP contribution in [0.3, 0.4) is 0 Å². The van der Waals surface area contributed by atoms with Gasteiger partial charge in [0.15, 0.2) is 0 Å². The molecule has 0 saturated heterocycles. The van der Waals surface area contributed by atoms with E-state index >= 15 is 0 Å². The molecule has 0 aliphatic carbocycles. The summed E-state index contributed by atoms with van der Waals surface area (Å²) in [4.78, 5) is 11.9.